The molecule has 0 aliphatic carbocycles. The summed E-state index contributed by atoms with van der Waals surface area (Å²) in [5, 5.41) is 9.98. The van der Waals surface area contributed by atoms with E-state index in [0.717, 1.165) is 10.5 Å². The molecular weight excluding hydrogens is 350 g/mol. The Balaban J connectivity index is 2.10. The summed E-state index contributed by atoms with van der Waals surface area (Å²) in [5.74, 6) is -1.88. The zero-order valence-electron chi connectivity index (χ0n) is 15.8. The van der Waals surface area contributed by atoms with Crippen molar-refractivity contribution in [2.45, 2.75) is 39.3 Å². The smallest absolute Gasteiger partial charge is 0.417 e. The number of benzene rings is 1. The number of nitrogens with zero attached hydrogens (tertiary/aromatic N) is 1. The molecule has 2 amide bonds. The number of aliphatic hydroxyl groups excluding tert-OH is 1. The molecule has 0 saturated carbocycles. The lowest BCUT2D eigenvalue weighted by molar-refractivity contribution is -0.154. The number of rotatable bonds is 7. The highest BCUT2D eigenvalue weighted by Crippen LogP contribution is 2.21. The summed E-state index contributed by atoms with van der Waals surface area (Å²) in [6, 6.07) is 9.12. The third-order valence-corrected chi connectivity index (χ3v) is 4.37. The van der Waals surface area contributed by atoms with Crippen molar-refractivity contribution in [3.63, 3.8) is 0 Å². The van der Waals surface area contributed by atoms with Gasteiger partial charge in [0, 0.05) is 11.5 Å². The second-order valence-corrected chi connectivity index (χ2v) is 6.50. The number of amides is 2. The van der Waals surface area contributed by atoms with Crippen LogP contribution in [0.25, 0.3) is 0 Å². The minimum absolute atomic E-state index is 0.133. The molecule has 1 fully saturated rings. The first-order valence-electron chi connectivity index (χ1n) is 8.92. The van der Waals surface area contributed by atoms with Gasteiger partial charge in [-0.25, -0.2) is 14.5 Å². The molecule has 1 aliphatic heterocycles. The van der Waals surface area contributed by atoms with E-state index in [1.807, 2.05) is 30.3 Å². The number of aliphatic hydroxyl groups is 1. The van der Waals surface area contributed by atoms with E-state index in [-0.39, 0.29) is 18.8 Å². The molecule has 0 aromatic heterocycles. The predicted molar refractivity (Wildman–Crippen MR) is 97.7 cm³/mol. The number of hydrogen-bond donors (Lipinski definition) is 1. The Labute approximate surface area is 158 Å². The van der Waals surface area contributed by atoms with Crippen LogP contribution in [0.4, 0.5) is 4.79 Å². The van der Waals surface area contributed by atoms with Crippen molar-refractivity contribution >= 4 is 18.0 Å². The Kier molecular flexibility index (Phi) is 7.12. The Morgan fingerprint density at radius 3 is 2.67 bits per heavy atom. The molecule has 146 valence electrons. The minimum atomic E-state index is -1.38. The van der Waals surface area contributed by atoms with Crippen LogP contribution in [0.1, 0.15) is 26.3 Å². The maximum absolute atomic E-state index is 12.8. The fourth-order valence-corrected chi connectivity index (χ4v) is 2.93. The molecule has 2 rings (SSSR count). The summed E-state index contributed by atoms with van der Waals surface area (Å²) in [7, 11) is 0. The molecule has 3 atom stereocenters. The van der Waals surface area contributed by atoms with Crippen LogP contribution in [0.5, 0.6) is 0 Å². The van der Waals surface area contributed by atoms with Gasteiger partial charge in [0.15, 0.2) is 6.10 Å². The SMILES string of the molecule is CCOC(=O)[C@@H](O)[C@@H](C)/C=C(\C)C(=O)N1C(=O)OC[C@@H]1Cc1ccccc1. The number of hydrogen-bond acceptors (Lipinski definition) is 6. The van der Waals surface area contributed by atoms with Crippen LogP contribution < -0.4 is 0 Å². The molecule has 7 heteroatoms. The molecule has 7 nitrogen and oxygen atoms in total. The van der Waals surface area contributed by atoms with Crippen molar-refractivity contribution in [2.75, 3.05) is 13.2 Å². The molecule has 1 aromatic rings. The summed E-state index contributed by atoms with van der Waals surface area (Å²) in [4.78, 5) is 37.6. The van der Waals surface area contributed by atoms with Crippen LogP contribution in [0.3, 0.4) is 0 Å². The average Bonchev–Trinajstić information content (AvgIpc) is 3.01. The van der Waals surface area contributed by atoms with Gasteiger partial charge in [-0.05, 0) is 25.8 Å². The van der Waals surface area contributed by atoms with E-state index in [1.54, 1.807) is 20.8 Å². The zero-order valence-corrected chi connectivity index (χ0v) is 15.8. The lowest BCUT2D eigenvalue weighted by Gasteiger charge is -2.21. The number of carbonyl (C=O) groups is 3. The van der Waals surface area contributed by atoms with Crippen molar-refractivity contribution in [3.8, 4) is 0 Å². The summed E-state index contributed by atoms with van der Waals surface area (Å²) in [5.41, 5.74) is 1.24. The topological polar surface area (TPSA) is 93.1 Å². The molecule has 0 spiro atoms. The molecule has 0 bridgehead atoms. The van der Waals surface area contributed by atoms with E-state index in [2.05, 4.69) is 0 Å². The van der Waals surface area contributed by atoms with Crippen molar-refractivity contribution in [3.05, 3.63) is 47.5 Å². The molecule has 1 heterocycles. The maximum atomic E-state index is 12.8. The first-order chi connectivity index (χ1) is 12.8. The lowest BCUT2D eigenvalue weighted by atomic mass is 10.0. The highest BCUT2D eigenvalue weighted by atomic mass is 16.6. The Hall–Kier alpha value is -2.67. The quantitative estimate of drug-likeness (QED) is 0.579. The van der Waals surface area contributed by atoms with Gasteiger partial charge in [0.05, 0.1) is 12.6 Å². The number of imide groups is 1. The van der Waals surface area contributed by atoms with Crippen LogP contribution in [-0.4, -0.2) is 53.3 Å². The van der Waals surface area contributed by atoms with Gasteiger partial charge in [-0.15, -0.1) is 0 Å². The predicted octanol–water partition coefficient (Wildman–Crippen LogP) is 2.08. The fourth-order valence-electron chi connectivity index (χ4n) is 2.93. The summed E-state index contributed by atoms with van der Waals surface area (Å²) >= 11 is 0. The molecule has 27 heavy (non-hydrogen) atoms. The molecule has 0 unspecified atom stereocenters. The van der Waals surface area contributed by atoms with Gasteiger partial charge in [0.1, 0.15) is 6.61 Å². The highest BCUT2D eigenvalue weighted by Gasteiger charge is 2.38. The van der Waals surface area contributed by atoms with Crippen molar-refractivity contribution in [1.82, 2.24) is 4.90 Å². The number of cyclic esters (lactones) is 1. The number of carbonyl (C=O) groups excluding carboxylic acids is 3. The van der Waals surface area contributed by atoms with Crippen LogP contribution in [-0.2, 0) is 25.5 Å². The minimum Gasteiger partial charge on any atom is -0.464 e. The second-order valence-electron chi connectivity index (χ2n) is 6.50. The third kappa shape index (κ3) is 5.17. The molecule has 1 aromatic carbocycles. The fraction of sp³-hybridized carbons (Fsp3) is 0.450. The van der Waals surface area contributed by atoms with Gasteiger partial charge in [-0.2, -0.15) is 0 Å². The van der Waals surface area contributed by atoms with Gasteiger partial charge in [0.2, 0.25) is 0 Å². The van der Waals surface area contributed by atoms with Crippen molar-refractivity contribution in [2.24, 2.45) is 5.92 Å². The van der Waals surface area contributed by atoms with Gasteiger partial charge < -0.3 is 14.6 Å². The first kappa shape index (κ1) is 20.6. The monoisotopic (exact) mass is 375 g/mol. The lowest BCUT2D eigenvalue weighted by Crippen LogP contribution is -2.41. The maximum Gasteiger partial charge on any atom is 0.417 e. The molecular formula is C20H25NO6. The summed E-state index contributed by atoms with van der Waals surface area (Å²) in [6.45, 7) is 5.08. The standard InChI is InChI=1S/C20H25NO6/c1-4-26-19(24)17(22)13(2)10-14(3)18(23)21-16(12-27-20(21)25)11-15-8-6-5-7-9-15/h5-10,13,16-17,22H,4,11-12H2,1-3H3/b14-10+/t13-,16-,17-/m0/s1. The van der Waals surface area contributed by atoms with E-state index < -0.39 is 36.0 Å². The van der Waals surface area contributed by atoms with Gasteiger partial charge in [-0.1, -0.05) is 43.3 Å². The van der Waals surface area contributed by atoms with Crippen LogP contribution >= 0.6 is 0 Å². The average molecular weight is 375 g/mol. The van der Waals surface area contributed by atoms with E-state index in [0.29, 0.717) is 6.42 Å². The number of esters is 1. The van der Waals surface area contributed by atoms with E-state index in [9.17, 15) is 19.5 Å². The van der Waals surface area contributed by atoms with Gasteiger partial charge >= 0.3 is 12.1 Å². The summed E-state index contributed by atoms with van der Waals surface area (Å²) < 4.78 is 9.84. The van der Waals surface area contributed by atoms with E-state index in [4.69, 9.17) is 9.47 Å². The Bertz CT molecular complexity index is 714. The number of ether oxygens (including phenoxy) is 2. The van der Waals surface area contributed by atoms with Crippen LogP contribution in [0, 0.1) is 5.92 Å². The molecule has 0 radical (unpaired) electrons. The normalized spacial score (nSPS) is 19.4. The van der Waals surface area contributed by atoms with E-state index in [1.165, 1.54) is 6.08 Å². The second kappa shape index (κ2) is 9.32. The Morgan fingerprint density at radius 2 is 2.04 bits per heavy atom. The zero-order chi connectivity index (χ0) is 20.0. The molecule has 1 N–H and O–H groups in total. The van der Waals surface area contributed by atoms with Crippen molar-refractivity contribution < 1.29 is 29.0 Å². The van der Waals surface area contributed by atoms with Crippen LogP contribution in [0.15, 0.2) is 42.0 Å². The Morgan fingerprint density at radius 1 is 1.37 bits per heavy atom. The molecule has 1 aliphatic rings. The van der Waals surface area contributed by atoms with Gasteiger partial charge in [-0.3, -0.25) is 4.79 Å². The largest absolute Gasteiger partial charge is 0.464 e. The summed E-state index contributed by atoms with van der Waals surface area (Å²) in [6.07, 6.45) is -0.104. The van der Waals surface area contributed by atoms with E-state index >= 15 is 0 Å². The molecule has 1 saturated heterocycles. The highest BCUT2D eigenvalue weighted by molar-refractivity contribution is 6.03. The van der Waals surface area contributed by atoms with Crippen molar-refractivity contribution in [1.29, 1.82) is 0 Å². The van der Waals surface area contributed by atoms with Gasteiger partial charge in [0.25, 0.3) is 5.91 Å². The first-order valence-corrected chi connectivity index (χ1v) is 8.92. The van der Waals surface area contributed by atoms with Crippen LogP contribution in [0.2, 0.25) is 0 Å². The third-order valence-electron chi connectivity index (χ3n) is 4.37.